The lowest BCUT2D eigenvalue weighted by molar-refractivity contribution is 0.482. The number of rotatable bonds is 5. The molecule has 0 radical (unpaired) electrons. The molecule has 132 valence electrons. The van der Waals surface area contributed by atoms with Crippen LogP contribution in [0.25, 0.3) is 11.3 Å². The molecule has 4 rings (SSSR count). The lowest BCUT2D eigenvalue weighted by Gasteiger charge is -2.05. The fourth-order valence-corrected chi connectivity index (χ4v) is 2.64. The Balaban J connectivity index is 1.53. The largest absolute Gasteiger partial charge is 0.457 e. The van der Waals surface area contributed by atoms with Crippen LogP contribution in [0.4, 0.5) is 5.95 Å². The quantitative estimate of drug-likeness (QED) is 0.523. The molecule has 0 bridgehead atoms. The highest BCUT2D eigenvalue weighted by Gasteiger charge is 2.05. The normalized spacial score (nSPS) is 11.0. The molecule has 0 spiro atoms. The molecule has 0 fully saturated rings. The summed E-state index contributed by atoms with van der Waals surface area (Å²) in [6.45, 7) is 0. The lowest BCUT2D eigenvalue weighted by atomic mass is 10.2. The summed E-state index contributed by atoms with van der Waals surface area (Å²) < 4.78 is 7.41. The van der Waals surface area contributed by atoms with Gasteiger partial charge in [0.2, 0.25) is 5.95 Å². The van der Waals surface area contributed by atoms with Crippen molar-refractivity contribution in [1.82, 2.24) is 9.66 Å². The van der Waals surface area contributed by atoms with Crippen LogP contribution in [0.3, 0.4) is 0 Å². The first-order valence-electron chi connectivity index (χ1n) is 8.55. The van der Waals surface area contributed by atoms with E-state index >= 15 is 0 Å². The Hall–Kier alpha value is -3.86. The van der Waals surface area contributed by atoms with Crippen molar-refractivity contribution in [3.8, 4) is 22.8 Å². The Morgan fingerprint density at radius 1 is 0.852 bits per heavy atom. The second-order valence-corrected chi connectivity index (χ2v) is 5.93. The molecule has 0 saturated heterocycles. The standard InChI is InChI=1S/C22H18N4O/c23-22-25-21(18-9-3-1-4-10-18)16-26(22)24-15-17-8-7-13-20(14-17)27-19-11-5-2-6-12-19/h1-16H,(H2,23,25)/b24-15+. The van der Waals surface area contributed by atoms with Crippen LogP contribution in [0.1, 0.15) is 5.56 Å². The van der Waals surface area contributed by atoms with Gasteiger partial charge in [0.05, 0.1) is 18.1 Å². The van der Waals surface area contributed by atoms with Gasteiger partial charge >= 0.3 is 0 Å². The van der Waals surface area contributed by atoms with Crippen LogP contribution in [-0.4, -0.2) is 15.9 Å². The molecule has 0 atom stereocenters. The smallest absolute Gasteiger partial charge is 0.221 e. The number of nitrogen functional groups attached to an aromatic ring is 1. The monoisotopic (exact) mass is 354 g/mol. The molecule has 2 N–H and O–H groups in total. The minimum absolute atomic E-state index is 0.335. The van der Waals surface area contributed by atoms with Crippen LogP contribution in [0.15, 0.2) is 96.2 Å². The molecule has 0 saturated carbocycles. The molecule has 0 amide bonds. The first-order valence-corrected chi connectivity index (χ1v) is 8.55. The summed E-state index contributed by atoms with van der Waals surface area (Å²) in [7, 11) is 0. The van der Waals surface area contributed by atoms with Crippen LogP contribution in [0.5, 0.6) is 11.5 Å². The first-order chi connectivity index (χ1) is 13.3. The molecule has 0 aliphatic heterocycles. The highest BCUT2D eigenvalue weighted by Crippen LogP contribution is 2.22. The number of nitrogens with zero attached hydrogens (tertiary/aromatic N) is 3. The predicted molar refractivity (Wildman–Crippen MR) is 108 cm³/mol. The van der Waals surface area contributed by atoms with Crippen molar-refractivity contribution in [2.75, 3.05) is 5.73 Å². The first kappa shape index (κ1) is 16.6. The topological polar surface area (TPSA) is 65.4 Å². The average Bonchev–Trinajstić information content (AvgIpc) is 3.09. The van der Waals surface area contributed by atoms with Gasteiger partial charge in [-0.05, 0) is 29.8 Å². The Morgan fingerprint density at radius 2 is 1.56 bits per heavy atom. The van der Waals surface area contributed by atoms with Crippen molar-refractivity contribution in [3.05, 3.63) is 96.7 Å². The third kappa shape index (κ3) is 4.04. The van der Waals surface area contributed by atoms with E-state index in [1.54, 1.807) is 10.9 Å². The average molecular weight is 354 g/mol. The Kier molecular flexibility index (Phi) is 4.66. The fraction of sp³-hybridized carbons (Fsp3) is 0. The number of benzene rings is 3. The van der Waals surface area contributed by atoms with Gasteiger partial charge in [0, 0.05) is 5.56 Å². The molecule has 27 heavy (non-hydrogen) atoms. The van der Waals surface area contributed by atoms with Crippen LogP contribution in [0.2, 0.25) is 0 Å². The van der Waals surface area contributed by atoms with Crippen molar-refractivity contribution in [2.45, 2.75) is 0 Å². The van der Waals surface area contributed by atoms with Crippen molar-refractivity contribution in [3.63, 3.8) is 0 Å². The molecule has 5 nitrogen and oxygen atoms in total. The van der Waals surface area contributed by atoms with Gasteiger partial charge in [-0.25, -0.2) is 9.66 Å². The zero-order chi connectivity index (χ0) is 18.5. The van der Waals surface area contributed by atoms with Crippen LogP contribution >= 0.6 is 0 Å². The summed E-state index contributed by atoms with van der Waals surface area (Å²) in [5, 5.41) is 4.42. The molecule has 5 heteroatoms. The van der Waals surface area contributed by atoms with E-state index in [4.69, 9.17) is 10.5 Å². The second kappa shape index (κ2) is 7.58. The van der Waals surface area contributed by atoms with E-state index in [1.165, 1.54) is 0 Å². The fourth-order valence-electron chi connectivity index (χ4n) is 2.64. The van der Waals surface area contributed by atoms with Gasteiger partial charge in [-0.2, -0.15) is 5.10 Å². The van der Waals surface area contributed by atoms with Crippen molar-refractivity contribution >= 4 is 12.2 Å². The third-order valence-electron chi connectivity index (χ3n) is 3.95. The van der Waals surface area contributed by atoms with E-state index in [0.29, 0.717) is 5.95 Å². The third-order valence-corrected chi connectivity index (χ3v) is 3.95. The van der Waals surface area contributed by atoms with E-state index < -0.39 is 0 Å². The number of para-hydroxylation sites is 1. The molecular weight excluding hydrogens is 336 g/mol. The molecule has 0 aliphatic rings. The summed E-state index contributed by atoms with van der Waals surface area (Å²) in [6, 6.07) is 27.2. The SMILES string of the molecule is Nc1nc(-c2ccccc2)cn1/N=C/c1cccc(Oc2ccccc2)c1. The van der Waals surface area contributed by atoms with Gasteiger partial charge in [-0.15, -0.1) is 0 Å². The minimum atomic E-state index is 0.335. The summed E-state index contributed by atoms with van der Waals surface area (Å²) >= 11 is 0. The van der Waals surface area contributed by atoms with Crippen molar-refractivity contribution in [2.24, 2.45) is 5.10 Å². The number of aromatic nitrogens is 2. The Labute approximate surface area is 157 Å². The molecule has 0 unspecified atom stereocenters. The maximum absolute atomic E-state index is 5.99. The highest BCUT2D eigenvalue weighted by atomic mass is 16.5. The zero-order valence-electron chi connectivity index (χ0n) is 14.6. The summed E-state index contributed by atoms with van der Waals surface area (Å²) in [5.41, 5.74) is 8.67. The van der Waals surface area contributed by atoms with Gasteiger partial charge in [-0.1, -0.05) is 60.7 Å². The maximum atomic E-state index is 5.99. The number of hydrogen-bond donors (Lipinski definition) is 1. The molecule has 3 aromatic carbocycles. The summed E-state index contributed by atoms with van der Waals surface area (Å²) in [6.07, 6.45) is 3.54. The van der Waals surface area contributed by atoms with E-state index in [2.05, 4.69) is 10.1 Å². The van der Waals surface area contributed by atoms with Crippen molar-refractivity contribution in [1.29, 1.82) is 0 Å². The number of ether oxygens (including phenoxy) is 1. The molecule has 1 aromatic heterocycles. The lowest BCUT2D eigenvalue weighted by Crippen LogP contribution is -1.97. The van der Waals surface area contributed by atoms with Gasteiger partial charge in [0.15, 0.2) is 0 Å². The van der Waals surface area contributed by atoms with Gasteiger partial charge in [0.25, 0.3) is 0 Å². The van der Waals surface area contributed by atoms with Gasteiger partial charge in [-0.3, -0.25) is 0 Å². The molecule has 1 heterocycles. The predicted octanol–water partition coefficient (Wildman–Crippen LogP) is 4.81. The molecule has 4 aromatic rings. The van der Waals surface area contributed by atoms with Crippen LogP contribution in [-0.2, 0) is 0 Å². The van der Waals surface area contributed by atoms with Crippen LogP contribution < -0.4 is 10.5 Å². The second-order valence-electron chi connectivity index (χ2n) is 5.93. The van der Waals surface area contributed by atoms with E-state index in [-0.39, 0.29) is 0 Å². The summed E-state index contributed by atoms with van der Waals surface area (Å²) in [5.74, 6) is 1.87. The van der Waals surface area contributed by atoms with Gasteiger partial charge < -0.3 is 10.5 Å². The zero-order valence-corrected chi connectivity index (χ0v) is 14.6. The van der Waals surface area contributed by atoms with E-state index in [0.717, 1.165) is 28.3 Å². The maximum Gasteiger partial charge on any atom is 0.221 e. The van der Waals surface area contributed by atoms with E-state index in [9.17, 15) is 0 Å². The number of hydrogen-bond acceptors (Lipinski definition) is 4. The number of imidazole rings is 1. The van der Waals surface area contributed by atoms with Crippen molar-refractivity contribution < 1.29 is 4.74 Å². The van der Waals surface area contributed by atoms with Crippen LogP contribution in [0, 0.1) is 0 Å². The minimum Gasteiger partial charge on any atom is -0.457 e. The number of nitrogens with two attached hydrogens (primary N) is 1. The Bertz CT molecular complexity index is 1060. The highest BCUT2D eigenvalue weighted by molar-refractivity contribution is 5.80. The molecule has 0 aliphatic carbocycles. The van der Waals surface area contributed by atoms with E-state index in [1.807, 2.05) is 91.1 Å². The summed E-state index contributed by atoms with van der Waals surface area (Å²) in [4.78, 5) is 4.37. The van der Waals surface area contributed by atoms with Gasteiger partial charge in [0.1, 0.15) is 11.5 Å². The number of anilines is 1. The molecular formula is C22H18N4O. The Morgan fingerprint density at radius 3 is 2.33 bits per heavy atom.